The average Bonchev–Trinajstić information content (AvgIpc) is 3.21. The summed E-state index contributed by atoms with van der Waals surface area (Å²) in [5, 5.41) is 10.5. The molecule has 284 valence electrons. The van der Waals surface area contributed by atoms with Crippen LogP contribution >= 0.6 is 0 Å². The quantitative estimate of drug-likeness (QED) is 0.290. The maximum atomic E-state index is 12.8. The van der Waals surface area contributed by atoms with Gasteiger partial charge < -0.3 is 5.11 Å². The van der Waals surface area contributed by atoms with Crippen LogP contribution in [0.5, 0.6) is 0 Å². The van der Waals surface area contributed by atoms with Gasteiger partial charge in [0.2, 0.25) is 0 Å². The van der Waals surface area contributed by atoms with E-state index in [4.69, 9.17) is 0 Å². The Labute approximate surface area is 341 Å². The molecule has 0 heterocycles. The molecule has 2 aliphatic rings. The zero-order valence-corrected chi connectivity index (χ0v) is 32.3. The van der Waals surface area contributed by atoms with Crippen LogP contribution < -0.4 is 0 Å². The Kier molecular flexibility index (Phi) is 28.4. The fraction of sp³-hybridized carbons (Fsp3) is 0. The van der Waals surface area contributed by atoms with E-state index in [1.165, 1.54) is 0 Å². The average molecular weight is 745 g/mol. The highest BCUT2D eigenvalue weighted by Gasteiger charge is 2.14. The number of rotatable bonds is 1. The van der Waals surface area contributed by atoms with Crippen molar-refractivity contribution in [1.82, 2.24) is 0 Å². The molecule has 0 spiro atoms. The van der Waals surface area contributed by atoms with E-state index in [2.05, 4.69) is 0 Å². The molecule has 0 saturated carbocycles. The number of aliphatic carboxylic acids is 1. The van der Waals surface area contributed by atoms with Crippen molar-refractivity contribution in [3.05, 3.63) is 327 Å². The summed E-state index contributed by atoms with van der Waals surface area (Å²) in [6, 6.07) is 0. The van der Waals surface area contributed by atoms with Crippen LogP contribution in [0.4, 0.5) is 0 Å². The van der Waals surface area contributed by atoms with E-state index in [1.54, 1.807) is 18.2 Å². The zero-order valence-electron chi connectivity index (χ0n) is 32.3. The molecule has 1 N–H and O–H groups in total. The first-order valence-corrected chi connectivity index (χ1v) is 18.7. The second-order valence-corrected chi connectivity index (χ2v) is 11.3. The Morgan fingerprint density at radius 1 is 0.246 bits per heavy atom. The lowest BCUT2D eigenvalue weighted by Crippen LogP contribution is -2.05. The molecule has 0 saturated heterocycles. The van der Waals surface area contributed by atoms with Crippen LogP contribution in [0.3, 0.4) is 0 Å². The van der Waals surface area contributed by atoms with Gasteiger partial charge in [0.15, 0.2) is 0 Å². The molecule has 2 rings (SSSR count). The van der Waals surface area contributed by atoms with E-state index in [9.17, 15) is 9.90 Å². The van der Waals surface area contributed by atoms with Crippen LogP contribution in [0, 0.1) is 0 Å². The fourth-order valence-electron chi connectivity index (χ4n) is 4.23. The van der Waals surface area contributed by atoms with Crippen LogP contribution in [0.15, 0.2) is 327 Å². The highest BCUT2D eigenvalue weighted by molar-refractivity contribution is 5.94. The largest absolute Gasteiger partial charge is 0.478 e. The number of carboxylic acids is 1. The summed E-state index contributed by atoms with van der Waals surface area (Å²) in [6.07, 6.45) is 98.1. The van der Waals surface area contributed by atoms with Crippen LogP contribution in [-0.2, 0) is 4.79 Å². The molecule has 0 aromatic carbocycles. The first-order valence-electron chi connectivity index (χ1n) is 18.7. The molecular weight excluding hydrogens is 693 g/mol. The second kappa shape index (κ2) is 35.5. The highest BCUT2D eigenvalue weighted by Crippen LogP contribution is 2.23. The number of carboxylic acid groups (broad SMARTS) is 1. The van der Waals surface area contributed by atoms with E-state index in [0.717, 1.165) is 0 Å². The van der Waals surface area contributed by atoms with Crippen molar-refractivity contribution in [2.45, 2.75) is 0 Å². The summed E-state index contributed by atoms with van der Waals surface area (Å²) in [7, 11) is 0. The first kappa shape index (κ1) is 45.6. The monoisotopic (exact) mass is 744 g/mol. The lowest BCUT2D eigenvalue weighted by molar-refractivity contribution is -0.132. The summed E-state index contributed by atoms with van der Waals surface area (Å²) in [4.78, 5) is 12.8. The van der Waals surface area contributed by atoms with Gasteiger partial charge in [-0.1, -0.05) is 304 Å². The van der Waals surface area contributed by atoms with E-state index >= 15 is 0 Å². The molecule has 2 nitrogen and oxygen atoms in total. The number of hydrogen-bond acceptors (Lipinski definition) is 1. The Balaban J connectivity index is 2.61. The third-order valence-electron chi connectivity index (χ3n) is 6.91. The number of hydrogen-bond donors (Lipinski definition) is 1. The predicted octanol–water partition coefficient (Wildman–Crippen LogP) is 14.2. The number of fused-ring (bicyclic) bond motifs is 1. The molecule has 0 aliphatic heterocycles. The van der Waals surface area contributed by atoms with Crippen molar-refractivity contribution < 1.29 is 9.90 Å². The summed E-state index contributed by atoms with van der Waals surface area (Å²) in [5.41, 5.74) is 1.40. The van der Waals surface area contributed by atoms with Crippen molar-refractivity contribution in [3.63, 3.8) is 0 Å². The van der Waals surface area contributed by atoms with Gasteiger partial charge in [-0.3, -0.25) is 0 Å². The molecule has 0 amide bonds. The van der Waals surface area contributed by atoms with E-state index in [1.807, 2.05) is 292 Å². The topological polar surface area (TPSA) is 37.3 Å². The summed E-state index contributed by atoms with van der Waals surface area (Å²) >= 11 is 0. The van der Waals surface area contributed by atoms with Crippen molar-refractivity contribution in [2.24, 2.45) is 0 Å². The molecule has 0 atom stereocenters. The van der Waals surface area contributed by atoms with Gasteiger partial charge in [-0.05, 0) is 17.2 Å². The molecule has 2 aliphatic carbocycles. The highest BCUT2D eigenvalue weighted by atomic mass is 16.4. The first-order chi connectivity index (χ1) is 28.3. The van der Waals surface area contributed by atoms with Crippen LogP contribution in [0.1, 0.15) is 0 Å². The minimum absolute atomic E-state index is 0.143. The number of allylic oxidation sites excluding steroid dienone is 52. The third kappa shape index (κ3) is 27.7. The molecule has 0 bridgehead atoms. The molecular formula is C55H52O2. The minimum atomic E-state index is -1.04. The van der Waals surface area contributed by atoms with Gasteiger partial charge in [0.1, 0.15) is 0 Å². The Hall–Kier alpha value is -7.55. The van der Waals surface area contributed by atoms with Crippen molar-refractivity contribution >= 4 is 5.97 Å². The predicted molar refractivity (Wildman–Crippen MR) is 251 cm³/mol. The summed E-state index contributed by atoms with van der Waals surface area (Å²) in [6.45, 7) is 0. The molecule has 57 heavy (non-hydrogen) atoms. The SMILES string of the molecule is O=C(O)C1=CC=CC=CC=CC=CC=CC=CC=CC=CC=CC=CC=CC=CC2=CC=CC=CC=CC=CC=CC=CC=CC=CC=CC=CC=CC=CC=C21. The second-order valence-electron chi connectivity index (χ2n) is 11.3. The smallest absolute Gasteiger partial charge is 0.336 e. The van der Waals surface area contributed by atoms with Gasteiger partial charge in [0, 0.05) is 0 Å². The molecule has 2 heteroatoms. The molecule has 0 aromatic heterocycles. The zero-order chi connectivity index (χ0) is 40.4. The van der Waals surface area contributed by atoms with Crippen LogP contribution in [0.2, 0.25) is 0 Å². The van der Waals surface area contributed by atoms with Crippen LogP contribution in [0.25, 0.3) is 0 Å². The van der Waals surface area contributed by atoms with Crippen molar-refractivity contribution in [1.29, 1.82) is 0 Å². The standard InChI is InChI=1S/C55H52O2/c56-55(57)54-51-47-43-39-35-31-27-23-19-15-11-7-3-5-9-13-17-21-25-29-33-37-41-45-49-52-48-44-40-36-32-28-24-20-16-12-8-4-1-2-6-10-14-18-22-26-30-34-38-42-46-50-53(52)54/h1-51H,(H,56,57). The van der Waals surface area contributed by atoms with Crippen molar-refractivity contribution in [3.8, 4) is 0 Å². The van der Waals surface area contributed by atoms with Gasteiger partial charge >= 0.3 is 5.97 Å². The van der Waals surface area contributed by atoms with E-state index in [-0.39, 0.29) is 5.57 Å². The van der Waals surface area contributed by atoms with Crippen molar-refractivity contribution in [2.75, 3.05) is 0 Å². The van der Waals surface area contributed by atoms with Gasteiger partial charge in [0.25, 0.3) is 0 Å². The van der Waals surface area contributed by atoms with Gasteiger partial charge in [-0.2, -0.15) is 0 Å². The van der Waals surface area contributed by atoms with E-state index in [0.29, 0.717) is 11.1 Å². The Bertz CT molecular complexity index is 2060. The Morgan fingerprint density at radius 3 is 0.684 bits per heavy atom. The molecule has 0 aromatic rings. The fourth-order valence-corrected chi connectivity index (χ4v) is 4.23. The third-order valence-corrected chi connectivity index (χ3v) is 6.91. The summed E-state index contributed by atoms with van der Waals surface area (Å²) in [5.74, 6) is -1.04. The maximum Gasteiger partial charge on any atom is 0.336 e. The Morgan fingerprint density at radius 2 is 0.439 bits per heavy atom. The summed E-state index contributed by atoms with van der Waals surface area (Å²) < 4.78 is 0. The molecule has 0 radical (unpaired) electrons. The van der Waals surface area contributed by atoms with Crippen LogP contribution in [-0.4, -0.2) is 11.1 Å². The lowest BCUT2D eigenvalue weighted by Gasteiger charge is -2.09. The molecule has 0 fully saturated rings. The van der Waals surface area contributed by atoms with Gasteiger partial charge in [-0.25, -0.2) is 4.79 Å². The van der Waals surface area contributed by atoms with Gasteiger partial charge in [0.05, 0.1) is 5.57 Å². The lowest BCUT2D eigenvalue weighted by atomic mass is 9.95. The maximum absolute atomic E-state index is 12.8. The minimum Gasteiger partial charge on any atom is -0.478 e. The molecule has 0 unspecified atom stereocenters. The normalized spacial score (nSPS) is 16.6. The van der Waals surface area contributed by atoms with E-state index < -0.39 is 5.97 Å². The number of carbonyl (C=O) groups is 1. The van der Waals surface area contributed by atoms with Gasteiger partial charge in [-0.15, -0.1) is 0 Å².